The van der Waals surface area contributed by atoms with Crippen LogP contribution in [0.1, 0.15) is 0 Å². The Bertz CT molecular complexity index is 991. The molecular weight excluding hydrogens is 351 g/mol. The molecule has 0 aliphatic carbocycles. The summed E-state index contributed by atoms with van der Waals surface area (Å²) in [5.74, 6) is -2.23. The first-order valence-electron chi connectivity index (χ1n) is 7.61. The van der Waals surface area contributed by atoms with Gasteiger partial charge in [-0.1, -0.05) is 6.07 Å². The molecule has 2 aliphatic rings. The topological polar surface area (TPSA) is 111 Å². The number of aromatic hydroxyl groups is 1. The number of hydrogen-bond donors (Lipinski definition) is 4. The van der Waals surface area contributed by atoms with Gasteiger partial charge in [-0.15, -0.1) is 0 Å². The third-order valence-electron chi connectivity index (χ3n) is 4.25. The monoisotopic (exact) mass is 366 g/mol. The summed E-state index contributed by atoms with van der Waals surface area (Å²) in [6, 6.07) is 6.48. The third-order valence-corrected chi connectivity index (χ3v) is 5.63. The minimum atomic E-state index is -4.22. The number of anilines is 2. The predicted molar refractivity (Wildman–Crippen MR) is 90.3 cm³/mol. The van der Waals surface area contributed by atoms with Crippen molar-refractivity contribution in [3.63, 3.8) is 0 Å². The van der Waals surface area contributed by atoms with Crippen molar-refractivity contribution in [2.45, 2.75) is 6.04 Å². The molecule has 0 spiro atoms. The molecule has 0 unspecified atom stereocenters. The van der Waals surface area contributed by atoms with Crippen molar-refractivity contribution in [1.82, 2.24) is 10.0 Å². The Labute approximate surface area is 142 Å². The van der Waals surface area contributed by atoms with Crippen LogP contribution in [-0.2, 0) is 15.0 Å². The Morgan fingerprint density at radius 1 is 1.28 bits per heavy atom. The maximum absolute atomic E-state index is 15.0. The second-order valence-corrected chi connectivity index (χ2v) is 7.63. The van der Waals surface area contributed by atoms with E-state index in [1.54, 1.807) is 22.9 Å². The van der Waals surface area contributed by atoms with Crippen LogP contribution in [0.2, 0.25) is 0 Å². The van der Waals surface area contributed by atoms with Gasteiger partial charge in [0.15, 0.2) is 5.82 Å². The average molecular weight is 366 g/mol. The molecule has 25 heavy (non-hydrogen) atoms. The number of nitrogens with zero attached hydrogens (tertiary/aromatic N) is 1. The fourth-order valence-electron chi connectivity index (χ4n) is 2.93. The minimum Gasteiger partial charge on any atom is -0.506 e. The summed E-state index contributed by atoms with van der Waals surface area (Å²) in [5.41, 5.74) is 0.154. The lowest BCUT2D eigenvalue weighted by Gasteiger charge is -2.29. The molecule has 2 aliphatic heterocycles. The van der Waals surface area contributed by atoms with Crippen molar-refractivity contribution in [2.24, 2.45) is 0 Å². The minimum absolute atomic E-state index is 0.152. The zero-order chi connectivity index (χ0) is 17.8. The molecule has 2 aromatic rings. The van der Waals surface area contributed by atoms with E-state index in [1.165, 1.54) is 6.07 Å². The number of carbonyl (C=O) groups excluding carboxylic acids is 1. The van der Waals surface area contributed by atoms with Crippen LogP contribution in [0.4, 0.5) is 15.8 Å². The summed E-state index contributed by atoms with van der Waals surface area (Å²) < 4.78 is 41.3. The number of phenols is 1. The zero-order valence-electron chi connectivity index (χ0n) is 12.9. The molecule has 10 heteroatoms. The molecule has 0 saturated carbocycles. The van der Waals surface area contributed by atoms with Crippen LogP contribution < -0.4 is 19.7 Å². The Morgan fingerprint density at radius 2 is 2.04 bits per heavy atom. The lowest BCUT2D eigenvalue weighted by atomic mass is 10.1. The van der Waals surface area contributed by atoms with Crippen molar-refractivity contribution in [1.29, 1.82) is 0 Å². The summed E-state index contributed by atoms with van der Waals surface area (Å²) in [5, 5.41) is 17.0. The number of amides is 1. The Kier molecular flexibility index (Phi) is 3.48. The van der Waals surface area contributed by atoms with Gasteiger partial charge in [0.25, 0.3) is 5.91 Å². The first-order chi connectivity index (χ1) is 11.8. The van der Waals surface area contributed by atoms with Crippen molar-refractivity contribution in [3.8, 4) is 5.75 Å². The van der Waals surface area contributed by atoms with Gasteiger partial charge in [0.05, 0.1) is 6.04 Å². The van der Waals surface area contributed by atoms with Crippen LogP contribution in [0.3, 0.4) is 0 Å². The number of rotatable bonds is 3. The van der Waals surface area contributed by atoms with Gasteiger partial charge >= 0.3 is 10.2 Å². The maximum atomic E-state index is 15.0. The van der Waals surface area contributed by atoms with Crippen LogP contribution in [-0.4, -0.2) is 45.1 Å². The van der Waals surface area contributed by atoms with Crippen molar-refractivity contribution in [2.75, 3.05) is 29.3 Å². The van der Waals surface area contributed by atoms with Crippen LogP contribution in [0, 0.1) is 5.82 Å². The molecular formula is C15H15FN4O4S. The van der Waals surface area contributed by atoms with E-state index in [1.807, 2.05) is 0 Å². The highest BCUT2D eigenvalue weighted by Gasteiger charge is 2.37. The normalized spacial score (nSPS) is 19.7. The molecule has 2 heterocycles. The third kappa shape index (κ3) is 2.63. The van der Waals surface area contributed by atoms with Gasteiger partial charge < -0.3 is 15.7 Å². The molecule has 0 bridgehead atoms. The molecule has 4 rings (SSSR count). The largest absolute Gasteiger partial charge is 0.506 e. The van der Waals surface area contributed by atoms with Crippen LogP contribution >= 0.6 is 0 Å². The first-order valence-corrected chi connectivity index (χ1v) is 9.05. The summed E-state index contributed by atoms with van der Waals surface area (Å²) in [7, 11) is -4.22. The van der Waals surface area contributed by atoms with E-state index in [9.17, 15) is 18.3 Å². The van der Waals surface area contributed by atoms with E-state index in [4.69, 9.17) is 0 Å². The molecule has 0 atom stereocenters. The number of fused-ring (bicyclic) bond motifs is 1. The highest BCUT2D eigenvalue weighted by Crippen LogP contribution is 2.39. The van der Waals surface area contributed by atoms with Crippen molar-refractivity contribution in [3.05, 3.63) is 30.1 Å². The zero-order valence-corrected chi connectivity index (χ0v) is 13.7. The number of phenolic OH excluding ortho intramolecular Hbond substituents is 1. The molecule has 132 valence electrons. The maximum Gasteiger partial charge on any atom is 0.326 e. The average Bonchev–Trinajstić information content (AvgIpc) is 2.76. The first kappa shape index (κ1) is 15.9. The van der Waals surface area contributed by atoms with E-state index in [0.29, 0.717) is 15.4 Å². The summed E-state index contributed by atoms with van der Waals surface area (Å²) in [6.45, 7) is 1.03. The van der Waals surface area contributed by atoms with Crippen molar-refractivity contribution >= 4 is 38.3 Å². The number of hydrogen-bond acceptors (Lipinski definition) is 6. The number of carbonyl (C=O) groups is 1. The molecule has 2 saturated heterocycles. The van der Waals surface area contributed by atoms with Crippen LogP contribution in [0.25, 0.3) is 10.8 Å². The lowest BCUT2D eigenvalue weighted by Crippen LogP contribution is -2.51. The van der Waals surface area contributed by atoms with E-state index in [0.717, 1.165) is 13.1 Å². The predicted octanol–water partition coefficient (Wildman–Crippen LogP) is 0.249. The highest BCUT2D eigenvalue weighted by atomic mass is 32.2. The molecule has 0 aromatic heterocycles. The van der Waals surface area contributed by atoms with E-state index >= 15 is 4.39 Å². The summed E-state index contributed by atoms with van der Waals surface area (Å²) >= 11 is 0. The summed E-state index contributed by atoms with van der Waals surface area (Å²) in [4.78, 5) is 11.4. The molecule has 2 aromatic carbocycles. The lowest BCUT2D eigenvalue weighted by molar-refractivity contribution is -0.117. The molecule has 2 fully saturated rings. The SMILES string of the molecule is O=C1CN(c2c(O)cc3ccc(NC4CNC4)cc3c2F)S(=O)(=O)N1. The quantitative estimate of drug-likeness (QED) is 0.620. The number of halogens is 1. The number of benzene rings is 2. The van der Waals surface area contributed by atoms with E-state index < -0.39 is 39.9 Å². The van der Waals surface area contributed by atoms with Gasteiger partial charge in [0, 0.05) is 24.2 Å². The summed E-state index contributed by atoms with van der Waals surface area (Å²) in [6.07, 6.45) is 0. The molecule has 1 amide bonds. The Hall–Kier alpha value is -2.59. The smallest absolute Gasteiger partial charge is 0.326 e. The Morgan fingerprint density at radius 3 is 2.64 bits per heavy atom. The van der Waals surface area contributed by atoms with Crippen LogP contribution in [0.5, 0.6) is 5.75 Å². The highest BCUT2D eigenvalue weighted by molar-refractivity contribution is 7.92. The van der Waals surface area contributed by atoms with Gasteiger partial charge in [-0.25, -0.2) is 13.4 Å². The van der Waals surface area contributed by atoms with Crippen molar-refractivity contribution < 1.29 is 22.7 Å². The Balaban J connectivity index is 1.82. The van der Waals surface area contributed by atoms with Gasteiger partial charge in [0.2, 0.25) is 0 Å². The van der Waals surface area contributed by atoms with E-state index in [2.05, 4.69) is 10.6 Å². The fourth-order valence-corrected chi connectivity index (χ4v) is 4.09. The van der Waals surface area contributed by atoms with Gasteiger partial charge in [0.1, 0.15) is 18.0 Å². The molecule has 8 nitrogen and oxygen atoms in total. The number of nitrogens with one attached hydrogen (secondary N) is 3. The van der Waals surface area contributed by atoms with Gasteiger partial charge in [-0.05, 0) is 23.6 Å². The van der Waals surface area contributed by atoms with Gasteiger partial charge in [-0.2, -0.15) is 8.42 Å². The molecule has 0 radical (unpaired) electrons. The fraction of sp³-hybridized carbons (Fsp3) is 0.267. The van der Waals surface area contributed by atoms with Crippen LogP contribution in [0.15, 0.2) is 24.3 Å². The van der Waals surface area contributed by atoms with Gasteiger partial charge in [-0.3, -0.25) is 4.79 Å². The standard InChI is InChI=1S/C15H15FN4O4S/c16-14-11-4-9(18-10-5-17-6-10)2-1-8(11)3-12(21)15(14)20-7-13(22)19-25(20,23)24/h1-4,10,17-18,21H,5-7H2,(H,19,22). The second kappa shape index (κ2) is 5.46. The van der Waals surface area contributed by atoms with E-state index in [-0.39, 0.29) is 11.4 Å². The second-order valence-electron chi connectivity index (χ2n) is 6.03. The molecule has 4 N–H and O–H groups in total.